The van der Waals surface area contributed by atoms with Gasteiger partial charge >= 0.3 is 0 Å². The largest absolute Gasteiger partial charge is 0.490 e. The monoisotopic (exact) mass is 246 g/mol. The Balaban J connectivity index is 1.83. The van der Waals surface area contributed by atoms with Gasteiger partial charge in [-0.1, -0.05) is 12.1 Å². The second kappa shape index (κ2) is 4.56. The number of hydrogen-bond acceptors (Lipinski definition) is 3. The highest BCUT2D eigenvalue weighted by Crippen LogP contribution is 2.37. The molecule has 1 fully saturated rings. The lowest BCUT2D eigenvalue weighted by Crippen LogP contribution is -2.20. The van der Waals surface area contributed by atoms with Gasteiger partial charge in [0.1, 0.15) is 11.9 Å². The number of nitrogens with zero attached hydrogens (tertiary/aromatic N) is 1. The molecule has 3 nitrogen and oxygen atoms in total. The molecule has 0 amide bonds. The van der Waals surface area contributed by atoms with Gasteiger partial charge in [0.2, 0.25) is 0 Å². The lowest BCUT2D eigenvalue weighted by molar-refractivity contribution is 0.254. The molecule has 0 aliphatic carbocycles. The third-order valence-corrected chi connectivity index (χ3v) is 4.27. The first kappa shape index (κ1) is 12.0. The minimum absolute atomic E-state index is 0.327. The van der Waals surface area contributed by atoms with Crippen LogP contribution in [0.4, 0.5) is 0 Å². The van der Waals surface area contributed by atoms with Crippen molar-refractivity contribution < 1.29 is 4.74 Å². The minimum Gasteiger partial charge on any atom is -0.490 e. The molecule has 1 saturated heterocycles. The van der Waals surface area contributed by atoms with Crippen LogP contribution in [0.1, 0.15) is 30.5 Å². The molecule has 1 aromatic carbocycles. The van der Waals surface area contributed by atoms with Crippen LogP contribution in [0.2, 0.25) is 0 Å². The molecule has 2 N–H and O–H groups in total. The van der Waals surface area contributed by atoms with E-state index < -0.39 is 0 Å². The first-order chi connectivity index (χ1) is 8.67. The number of rotatable bonds is 2. The first-order valence-corrected chi connectivity index (χ1v) is 6.87. The average Bonchev–Trinajstić information content (AvgIpc) is 2.89. The van der Waals surface area contributed by atoms with E-state index in [9.17, 15) is 0 Å². The van der Waals surface area contributed by atoms with E-state index in [1.165, 1.54) is 17.5 Å². The number of fused-ring (bicyclic) bond motifs is 1. The van der Waals surface area contributed by atoms with E-state index in [-0.39, 0.29) is 0 Å². The summed E-state index contributed by atoms with van der Waals surface area (Å²) in [6, 6.07) is 7.22. The quantitative estimate of drug-likeness (QED) is 0.867. The normalized spacial score (nSPS) is 31.4. The van der Waals surface area contributed by atoms with Gasteiger partial charge in [-0.05, 0) is 50.0 Å². The van der Waals surface area contributed by atoms with Gasteiger partial charge in [0, 0.05) is 19.0 Å². The van der Waals surface area contributed by atoms with Gasteiger partial charge in [-0.15, -0.1) is 0 Å². The summed E-state index contributed by atoms with van der Waals surface area (Å²) in [4.78, 5) is 2.43. The van der Waals surface area contributed by atoms with E-state index in [1.54, 1.807) is 0 Å². The first-order valence-electron chi connectivity index (χ1n) is 6.87. The van der Waals surface area contributed by atoms with Crippen LogP contribution in [-0.2, 0) is 6.42 Å². The number of nitrogens with two attached hydrogens (primary N) is 1. The van der Waals surface area contributed by atoms with Crippen LogP contribution in [0, 0.1) is 5.92 Å². The highest BCUT2D eigenvalue weighted by atomic mass is 16.5. The highest BCUT2D eigenvalue weighted by Gasteiger charge is 2.30. The molecule has 0 spiro atoms. The molecule has 98 valence electrons. The van der Waals surface area contributed by atoms with Crippen LogP contribution in [-0.4, -0.2) is 31.1 Å². The number of likely N-dealkylation sites (tertiary alicyclic amines) is 1. The standard InChI is InChI=1S/C15H22N2O/c1-10-5-13-7-12(3-4-15(13)18-10)14-6-11(8-16)9-17(14)2/h3-4,7,10-11,14H,5-6,8-9,16H2,1-2H3. The fraction of sp³-hybridized carbons (Fsp3) is 0.600. The zero-order valence-electron chi connectivity index (χ0n) is 11.2. The molecule has 18 heavy (non-hydrogen) atoms. The molecule has 3 atom stereocenters. The maximum Gasteiger partial charge on any atom is 0.123 e. The summed E-state index contributed by atoms with van der Waals surface area (Å²) in [6.45, 7) is 4.04. The third-order valence-electron chi connectivity index (χ3n) is 4.27. The molecule has 2 aliphatic rings. The fourth-order valence-electron chi connectivity index (χ4n) is 3.32. The van der Waals surface area contributed by atoms with Gasteiger partial charge in [-0.25, -0.2) is 0 Å². The maximum atomic E-state index is 5.80. The van der Waals surface area contributed by atoms with Crippen molar-refractivity contribution >= 4 is 0 Å². The molecule has 0 aromatic heterocycles. The third kappa shape index (κ3) is 2.02. The fourth-order valence-corrected chi connectivity index (χ4v) is 3.32. The van der Waals surface area contributed by atoms with Crippen molar-refractivity contribution in [2.45, 2.75) is 31.9 Å². The lowest BCUT2D eigenvalue weighted by Gasteiger charge is -2.20. The second-order valence-electron chi connectivity index (χ2n) is 5.79. The van der Waals surface area contributed by atoms with Crippen molar-refractivity contribution in [3.63, 3.8) is 0 Å². The van der Waals surface area contributed by atoms with Crippen molar-refractivity contribution in [1.29, 1.82) is 0 Å². The van der Waals surface area contributed by atoms with Crippen LogP contribution in [0.3, 0.4) is 0 Å². The van der Waals surface area contributed by atoms with E-state index in [0.717, 1.165) is 25.3 Å². The van der Waals surface area contributed by atoms with E-state index in [1.807, 2.05) is 0 Å². The van der Waals surface area contributed by atoms with Crippen LogP contribution in [0.5, 0.6) is 5.75 Å². The highest BCUT2D eigenvalue weighted by molar-refractivity contribution is 5.41. The minimum atomic E-state index is 0.327. The molecule has 3 heteroatoms. The molecular weight excluding hydrogens is 224 g/mol. The van der Waals surface area contributed by atoms with E-state index >= 15 is 0 Å². The maximum absolute atomic E-state index is 5.80. The average molecular weight is 246 g/mol. The van der Waals surface area contributed by atoms with Crippen molar-refractivity contribution in [2.75, 3.05) is 20.1 Å². The zero-order valence-corrected chi connectivity index (χ0v) is 11.2. The summed E-state index contributed by atoms with van der Waals surface area (Å²) in [6.07, 6.45) is 2.55. The summed E-state index contributed by atoms with van der Waals surface area (Å²) in [5.74, 6) is 1.71. The molecule has 0 radical (unpaired) electrons. The van der Waals surface area contributed by atoms with Crippen LogP contribution in [0.15, 0.2) is 18.2 Å². The van der Waals surface area contributed by atoms with Crippen molar-refractivity contribution in [2.24, 2.45) is 11.7 Å². The lowest BCUT2D eigenvalue weighted by atomic mass is 9.97. The van der Waals surface area contributed by atoms with Gasteiger partial charge in [-0.3, -0.25) is 4.90 Å². The molecule has 0 saturated carbocycles. The Kier molecular flexibility index (Phi) is 3.04. The summed E-state index contributed by atoms with van der Waals surface area (Å²) in [5, 5.41) is 0. The predicted octanol–water partition coefficient (Wildman–Crippen LogP) is 1.96. The topological polar surface area (TPSA) is 38.5 Å². The van der Waals surface area contributed by atoms with E-state index in [0.29, 0.717) is 18.1 Å². The zero-order chi connectivity index (χ0) is 12.7. The number of benzene rings is 1. The Hall–Kier alpha value is -1.06. The molecular formula is C15H22N2O. The molecule has 2 heterocycles. The molecule has 3 rings (SSSR count). The summed E-state index contributed by atoms with van der Waals surface area (Å²) < 4.78 is 5.76. The van der Waals surface area contributed by atoms with Gasteiger partial charge in [0.25, 0.3) is 0 Å². The smallest absolute Gasteiger partial charge is 0.123 e. The van der Waals surface area contributed by atoms with Gasteiger partial charge < -0.3 is 10.5 Å². The Morgan fingerprint density at radius 1 is 1.44 bits per heavy atom. The molecule has 0 bridgehead atoms. The van der Waals surface area contributed by atoms with E-state index in [2.05, 4.69) is 37.1 Å². The predicted molar refractivity (Wildman–Crippen MR) is 72.8 cm³/mol. The van der Waals surface area contributed by atoms with Crippen LogP contribution >= 0.6 is 0 Å². The number of ether oxygens (including phenoxy) is 1. The van der Waals surface area contributed by atoms with E-state index in [4.69, 9.17) is 10.5 Å². The van der Waals surface area contributed by atoms with Gasteiger partial charge in [-0.2, -0.15) is 0 Å². The molecule has 1 aromatic rings. The summed E-state index contributed by atoms with van der Waals surface area (Å²) >= 11 is 0. The summed E-state index contributed by atoms with van der Waals surface area (Å²) in [5.41, 5.74) is 8.58. The van der Waals surface area contributed by atoms with Gasteiger partial charge in [0.05, 0.1) is 0 Å². The Morgan fingerprint density at radius 3 is 3.00 bits per heavy atom. The Bertz CT molecular complexity index is 446. The Labute approximate surface area is 109 Å². The molecule has 2 aliphatic heterocycles. The number of hydrogen-bond donors (Lipinski definition) is 1. The molecule has 3 unspecified atom stereocenters. The van der Waals surface area contributed by atoms with Gasteiger partial charge in [0.15, 0.2) is 0 Å². The summed E-state index contributed by atoms with van der Waals surface area (Å²) in [7, 11) is 2.20. The van der Waals surface area contributed by atoms with Crippen molar-refractivity contribution in [3.05, 3.63) is 29.3 Å². The van der Waals surface area contributed by atoms with Crippen molar-refractivity contribution in [3.8, 4) is 5.75 Å². The van der Waals surface area contributed by atoms with Crippen LogP contribution in [0.25, 0.3) is 0 Å². The Morgan fingerprint density at radius 2 is 2.28 bits per heavy atom. The second-order valence-corrected chi connectivity index (χ2v) is 5.79. The SMILES string of the molecule is CC1Cc2cc(C3CC(CN)CN3C)ccc2O1. The van der Waals surface area contributed by atoms with Crippen LogP contribution < -0.4 is 10.5 Å². The van der Waals surface area contributed by atoms with Crippen molar-refractivity contribution in [1.82, 2.24) is 4.90 Å².